The molecule has 1 aromatic rings. The van der Waals surface area contributed by atoms with E-state index in [1.54, 1.807) is 11.5 Å². The van der Waals surface area contributed by atoms with Gasteiger partial charge < -0.3 is 20.0 Å². The van der Waals surface area contributed by atoms with Crippen molar-refractivity contribution in [2.24, 2.45) is 11.8 Å². The standard InChI is InChI=1S/C19H20N4O5S2/c1-9-14-12(10(2)24)17(25)23(14)15(19(27)28)16(9)29-7-4-11-13(21-8-30-11)18(26)22(3)6-5-20/h4,7-10,12,14,24H,6H2,1-3H3,(H,27,28)/b7-4-/t9-,10-,12-,14-/m1/s1. The molecule has 0 aliphatic carbocycles. The Bertz CT molecular complexity index is 993. The van der Waals surface area contributed by atoms with Gasteiger partial charge in [-0.15, -0.1) is 11.3 Å². The zero-order valence-electron chi connectivity index (χ0n) is 16.5. The predicted octanol–water partition coefficient (Wildman–Crippen LogP) is 1.60. The predicted molar refractivity (Wildman–Crippen MR) is 111 cm³/mol. The highest BCUT2D eigenvalue weighted by molar-refractivity contribution is 8.06. The number of nitrogens with zero attached hydrogens (tertiary/aromatic N) is 4. The summed E-state index contributed by atoms with van der Waals surface area (Å²) in [5.41, 5.74) is 1.68. The van der Waals surface area contributed by atoms with Crippen LogP contribution >= 0.6 is 23.1 Å². The Balaban J connectivity index is 1.81. The van der Waals surface area contributed by atoms with Gasteiger partial charge in [-0.25, -0.2) is 9.78 Å². The first-order valence-electron chi connectivity index (χ1n) is 9.08. The number of aliphatic hydroxyl groups is 1. The number of carbonyl (C=O) groups excluding carboxylic acids is 2. The fourth-order valence-corrected chi connectivity index (χ4v) is 5.50. The van der Waals surface area contributed by atoms with Crippen molar-refractivity contribution in [3.8, 4) is 6.07 Å². The Morgan fingerprint density at radius 3 is 2.83 bits per heavy atom. The number of thioether (sulfide) groups is 1. The Kier molecular flexibility index (Phi) is 6.30. The number of hydrogen-bond acceptors (Lipinski definition) is 8. The first kappa shape index (κ1) is 22.0. The van der Waals surface area contributed by atoms with Crippen LogP contribution in [0.15, 0.2) is 21.5 Å². The van der Waals surface area contributed by atoms with Gasteiger partial charge in [-0.1, -0.05) is 18.7 Å². The van der Waals surface area contributed by atoms with Crippen LogP contribution in [0.4, 0.5) is 0 Å². The molecular weight excluding hydrogens is 428 g/mol. The lowest BCUT2D eigenvalue weighted by Crippen LogP contribution is -2.63. The summed E-state index contributed by atoms with van der Waals surface area (Å²) in [6.45, 7) is 3.31. The van der Waals surface area contributed by atoms with E-state index in [4.69, 9.17) is 5.26 Å². The van der Waals surface area contributed by atoms with Crippen LogP contribution in [0.25, 0.3) is 6.08 Å². The number of aliphatic carboxylic acids is 1. The second-order valence-corrected chi connectivity index (χ2v) is 8.91. The summed E-state index contributed by atoms with van der Waals surface area (Å²) in [5, 5.41) is 29.9. The van der Waals surface area contributed by atoms with E-state index in [1.165, 1.54) is 52.4 Å². The monoisotopic (exact) mass is 448 g/mol. The minimum Gasteiger partial charge on any atom is -0.477 e. The molecule has 11 heteroatoms. The molecule has 2 aliphatic heterocycles. The number of amides is 2. The summed E-state index contributed by atoms with van der Waals surface area (Å²) in [5.74, 6) is -2.80. The molecule has 1 saturated heterocycles. The normalized spacial score (nSPS) is 23.9. The third kappa shape index (κ3) is 3.62. The molecule has 0 saturated carbocycles. The van der Waals surface area contributed by atoms with Gasteiger partial charge >= 0.3 is 5.97 Å². The van der Waals surface area contributed by atoms with Crippen LogP contribution in [0.5, 0.6) is 0 Å². The molecular formula is C19H20N4O5S2. The molecule has 0 unspecified atom stereocenters. The summed E-state index contributed by atoms with van der Waals surface area (Å²) in [7, 11) is 1.51. The second kappa shape index (κ2) is 8.59. The minimum atomic E-state index is -1.19. The van der Waals surface area contributed by atoms with Crippen LogP contribution in [0.2, 0.25) is 0 Å². The van der Waals surface area contributed by atoms with Crippen LogP contribution < -0.4 is 0 Å². The number of hydrogen-bond donors (Lipinski definition) is 2. The number of aromatic nitrogens is 1. The molecule has 0 bridgehead atoms. The lowest BCUT2D eigenvalue weighted by Gasteiger charge is -2.46. The van der Waals surface area contributed by atoms with Crippen molar-refractivity contribution in [3.63, 3.8) is 0 Å². The van der Waals surface area contributed by atoms with E-state index in [0.29, 0.717) is 9.78 Å². The number of carboxylic acid groups (broad SMARTS) is 1. The average Bonchev–Trinajstić information content (AvgIpc) is 3.23. The topological polar surface area (TPSA) is 135 Å². The zero-order valence-corrected chi connectivity index (χ0v) is 18.1. The molecule has 0 radical (unpaired) electrons. The van der Waals surface area contributed by atoms with E-state index in [2.05, 4.69) is 4.98 Å². The smallest absolute Gasteiger partial charge is 0.353 e. The van der Waals surface area contributed by atoms with Crippen LogP contribution in [0, 0.1) is 23.2 Å². The van der Waals surface area contributed by atoms with E-state index < -0.39 is 18.0 Å². The van der Waals surface area contributed by atoms with Crippen LogP contribution in [0.1, 0.15) is 29.2 Å². The molecule has 4 atom stereocenters. The van der Waals surface area contributed by atoms with E-state index >= 15 is 0 Å². The van der Waals surface area contributed by atoms with Gasteiger partial charge in [0.15, 0.2) is 0 Å². The Morgan fingerprint density at radius 2 is 2.23 bits per heavy atom. The number of β-lactam (4-membered cyclic amide) rings is 1. The van der Waals surface area contributed by atoms with Gasteiger partial charge in [0, 0.05) is 17.9 Å². The number of carbonyl (C=O) groups is 3. The number of aliphatic hydroxyl groups excluding tert-OH is 1. The highest BCUT2D eigenvalue weighted by Crippen LogP contribution is 2.50. The molecule has 2 aliphatic rings. The van der Waals surface area contributed by atoms with Crippen molar-refractivity contribution < 1.29 is 24.6 Å². The first-order chi connectivity index (χ1) is 14.2. The third-order valence-corrected chi connectivity index (χ3v) is 7.06. The highest BCUT2D eigenvalue weighted by Gasteiger charge is 2.59. The van der Waals surface area contributed by atoms with E-state index in [1.807, 2.05) is 13.0 Å². The van der Waals surface area contributed by atoms with Gasteiger partial charge in [-0.05, 0) is 18.4 Å². The van der Waals surface area contributed by atoms with Gasteiger partial charge in [-0.3, -0.25) is 9.59 Å². The maximum absolute atomic E-state index is 12.4. The fourth-order valence-electron chi connectivity index (χ4n) is 3.74. The third-order valence-electron chi connectivity index (χ3n) is 5.18. The second-order valence-electron chi connectivity index (χ2n) is 7.08. The molecule has 0 spiro atoms. The Morgan fingerprint density at radius 1 is 1.53 bits per heavy atom. The fraction of sp³-hybridized carbons (Fsp3) is 0.421. The molecule has 2 amide bonds. The number of rotatable bonds is 7. The minimum absolute atomic E-state index is 0.0570. The van der Waals surface area contributed by atoms with Gasteiger partial charge in [-0.2, -0.15) is 5.26 Å². The molecule has 3 rings (SSSR count). The molecule has 0 aromatic carbocycles. The molecule has 9 nitrogen and oxygen atoms in total. The van der Waals surface area contributed by atoms with Crippen molar-refractivity contribution in [2.75, 3.05) is 13.6 Å². The summed E-state index contributed by atoms with van der Waals surface area (Å²) in [6.07, 6.45) is 0.811. The number of fused-ring (bicyclic) bond motifs is 1. The average molecular weight is 449 g/mol. The summed E-state index contributed by atoms with van der Waals surface area (Å²) >= 11 is 2.42. The Labute approximate surface area is 181 Å². The molecule has 2 N–H and O–H groups in total. The lowest BCUT2D eigenvalue weighted by molar-refractivity contribution is -0.163. The molecule has 158 valence electrons. The van der Waals surface area contributed by atoms with Crippen molar-refractivity contribution in [1.29, 1.82) is 5.26 Å². The van der Waals surface area contributed by atoms with Gasteiger partial charge in [0.1, 0.15) is 17.9 Å². The van der Waals surface area contributed by atoms with E-state index in [-0.39, 0.29) is 41.7 Å². The van der Waals surface area contributed by atoms with Crippen molar-refractivity contribution >= 4 is 47.0 Å². The molecule has 1 fully saturated rings. The Hall–Kier alpha value is -2.68. The van der Waals surface area contributed by atoms with Gasteiger partial charge in [0.25, 0.3) is 5.91 Å². The van der Waals surface area contributed by atoms with E-state index in [0.717, 1.165) is 0 Å². The molecule has 3 heterocycles. The van der Waals surface area contributed by atoms with Crippen molar-refractivity contribution in [2.45, 2.75) is 26.0 Å². The maximum Gasteiger partial charge on any atom is 0.353 e. The quantitative estimate of drug-likeness (QED) is 0.474. The van der Waals surface area contributed by atoms with Crippen molar-refractivity contribution in [3.05, 3.63) is 32.1 Å². The SMILES string of the molecule is C[C@@H](O)[C@H]1C(=O)N2C(C(=O)O)=C(S/C=C\c3scnc3C(=O)N(C)CC#N)[C@H](C)[C@H]12. The van der Waals surface area contributed by atoms with E-state index in [9.17, 15) is 24.6 Å². The summed E-state index contributed by atoms with van der Waals surface area (Å²) < 4.78 is 0. The first-order valence-corrected chi connectivity index (χ1v) is 10.8. The number of nitriles is 1. The van der Waals surface area contributed by atoms with Crippen LogP contribution in [-0.2, 0) is 9.59 Å². The maximum atomic E-state index is 12.4. The molecule has 30 heavy (non-hydrogen) atoms. The largest absolute Gasteiger partial charge is 0.477 e. The zero-order chi connectivity index (χ0) is 22.2. The van der Waals surface area contributed by atoms with Gasteiger partial charge in [0.05, 0.1) is 34.5 Å². The number of thiazole rings is 1. The summed E-state index contributed by atoms with van der Waals surface area (Å²) in [4.78, 5) is 44.3. The van der Waals surface area contributed by atoms with Crippen LogP contribution in [-0.4, -0.2) is 68.5 Å². The highest BCUT2D eigenvalue weighted by atomic mass is 32.2. The summed E-state index contributed by atoms with van der Waals surface area (Å²) in [6, 6.07) is 1.53. The van der Waals surface area contributed by atoms with Gasteiger partial charge in [0.2, 0.25) is 5.91 Å². The lowest BCUT2D eigenvalue weighted by atomic mass is 9.79. The molecule has 1 aromatic heterocycles. The number of carboxylic acids is 1. The van der Waals surface area contributed by atoms with Crippen molar-refractivity contribution in [1.82, 2.24) is 14.8 Å². The van der Waals surface area contributed by atoms with Crippen LogP contribution in [0.3, 0.4) is 0 Å².